The third-order valence-electron chi connectivity index (χ3n) is 2.88. The Balaban J connectivity index is 1.89. The molecule has 0 spiro atoms. The molecule has 1 aliphatic rings. The molecule has 4 nitrogen and oxygen atoms in total. The first-order chi connectivity index (χ1) is 8.40. The molecular formula is C13H20N2O2. The third-order valence-corrected chi connectivity index (χ3v) is 2.88. The lowest BCUT2D eigenvalue weighted by Crippen LogP contribution is -2.18. The maximum absolute atomic E-state index is 5.79. The van der Waals surface area contributed by atoms with Crippen molar-refractivity contribution in [3.05, 3.63) is 24.0 Å². The van der Waals surface area contributed by atoms with Gasteiger partial charge in [-0.1, -0.05) is 6.92 Å². The fourth-order valence-corrected chi connectivity index (χ4v) is 1.90. The highest BCUT2D eigenvalue weighted by atomic mass is 16.5. The zero-order valence-corrected chi connectivity index (χ0v) is 10.3. The quantitative estimate of drug-likeness (QED) is 0.817. The first-order valence-electron chi connectivity index (χ1n) is 6.28. The zero-order chi connectivity index (χ0) is 11.9. The number of hydrogen-bond acceptors (Lipinski definition) is 4. The summed E-state index contributed by atoms with van der Waals surface area (Å²) in [6.45, 7) is 5.36. The molecule has 0 aromatic carbocycles. The van der Waals surface area contributed by atoms with Gasteiger partial charge >= 0.3 is 0 Å². The molecule has 17 heavy (non-hydrogen) atoms. The Bertz CT molecular complexity index is 338. The summed E-state index contributed by atoms with van der Waals surface area (Å²) >= 11 is 0. The van der Waals surface area contributed by atoms with Gasteiger partial charge in [0, 0.05) is 24.9 Å². The molecule has 0 amide bonds. The van der Waals surface area contributed by atoms with Crippen molar-refractivity contribution in [2.45, 2.75) is 32.4 Å². The summed E-state index contributed by atoms with van der Waals surface area (Å²) in [6, 6.07) is 1.99. The van der Waals surface area contributed by atoms with Crippen LogP contribution >= 0.6 is 0 Å². The van der Waals surface area contributed by atoms with E-state index >= 15 is 0 Å². The van der Waals surface area contributed by atoms with Gasteiger partial charge in [0.2, 0.25) is 0 Å². The van der Waals surface area contributed by atoms with Crippen molar-refractivity contribution in [3.8, 4) is 5.75 Å². The Labute approximate surface area is 102 Å². The molecule has 1 saturated heterocycles. The van der Waals surface area contributed by atoms with Crippen LogP contribution in [0.3, 0.4) is 0 Å². The van der Waals surface area contributed by atoms with Gasteiger partial charge in [0.15, 0.2) is 0 Å². The Morgan fingerprint density at radius 3 is 3.29 bits per heavy atom. The SMILES string of the molecule is CCNCc1ccncc1OCC1CCCO1. The van der Waals surface area contributed by atoms with Crippen molar-refractivity contribution >= 4 is 0 Å². The molecule has 1 N–H and O–H groups in total. The Hall–Kier alpha value is -1.13. The monoisotopic (exact) mass is 236 g/mol. The normalized spacial score (nSPS) is 19.5. The maximum Gasteiger partial charge on any atom is 0.142 e. The summed E-state index contributed by atoms with van der Waals surface area (Å²) in [5, 5.41) is 3.29. The molecule has 1 aromatic rings. The van der Waals surface area contributed by atoms with Crippen molar-refractivity contribution < 1.29 is 9.47 Å². The summed E-state index contributed by atoms with van der Waals surface area (Å²) in [5.74, 6) is 0.865. The van der Waals surface area contributed by atoms with Gasteiger partial charge in [0.05, 0.1) is 12.3 Å². The molecule has 1 atom stereocenters. The fraction of sp³-hybridized carbons (Fsp3) is 0.615. The van der Waals surface area contributed by atoms with E-state index in [9.17, 15) is 0 Å². The minimum Gasteiger partial charge on any atom is -0.489 e. The van der Waals surface area contributed by atoms with Gasteiger partial charge in [-0.3, -0.25) is 4.98 Å². The van der Waals surface area contributed by atoms with E-state index in [1.165, 1.54) is 0 Å². The Kier molecular flexibility index (Phi) is 4.76. The minimum absolute atomic E-state index is 0.252. The van der Waals surface area contributed by atoms with Crippen LogP contribution in [-0.4, -0.2) is 30.8 Å². The van der Waals surface area contributed by atoms with E-state index in [4.69, 9.17) is 9.47 Å². The van der Waals surface area contributed by atoms with Crippen molar-refractivity contribution in [3.63, 3.8) is 0 Å². The average Bonchev–Trinajstić information content (AvgIpc) is 2.88. The van der Waals surface area contributed by atoms with Gasteiger partial charge in [-0.05, 0) is 25.5 Å². The second-order valence-electron chi connectivity index (χ2n) is 4.21. The number of nitrogens with one attached hydrogen (secondary N) is 1. The number of pyridine rings is 1. The minimum atomic E-state index is 0.252. The van der Waals surface area contributed by atoms with Gasteiger partial charge in [0.25, 0.3) is 0 Å². The van der Waals surface area contributed by atoms with Crippen LogP contribution in [0.5, 0.6) is 5.75 Å². The van der Waals surface area contributed by atoms with E-state index in [1.807, 2.05) is 6.07 Å². The van der Waals surface area contributed by atoms with Gasteiger partial charge in [-0.2, -0.15) is 0 Å². The van der Waals surface area contributed by atoms with Crippen LogP contribution in [0.15, 0.2) is 18.5 Å². The lowest BCUT2D eigenvalue weighted by molar-refractivity contribution is 0.0674. The lowest BCUT2D eigenvalue weighted by Gasteiger charge is -2.14. The van der Waals surface area contributed by atoms with Crippen molar-refractivity contribution in [1.29, 1.82) is 0 Å². The number of hydrogen-bond donors (Lipinski definition) is 1. The van der Waals surface area contributed by atoms with Gasteiger partial charge in [0.1, 0.15) is 12.4 Å². The van der Waals surface area contributed by atoms with E-state index in [2.05, 4.69) is 17.2 Å². The summed E-state index contributed by atoms with van der Waals surface area (Å²) < 4.78 is 11.3. The molecule has 0 radical (unpaired) electrons. The van der Waals surface area contributed by atoms with Crippen LogP contribution in [0.1, 0.15) is 25.3 Å². The first kappa shape index (κ1) is 12.3. The predicted molar refractivity (Wildman–Crippen MR) is 66.1 cm³/mol. The number of rotatable bonds is 6. The maximum atomic E-state index is 5.79. The third kappa shape index (κ3) is 3.68. The van der Waals surface area contributed by atoms with E-state index in [0.29, 0.717) is 6.61 Å². The molecule has 1 fully saturated rings. The number of aromatic nitrogens is 1. The predicted octanol–water partition coefficient (Wildman–Crippen LogP) is 1.75. The highest BCUT2D eigenvalue weighted by Crippen LogP contribution is 2.19. The molecule has 94 valence electrons. The lowest BCUT2D eigenvalue weighted by atomic mass is 10.2. The Morgan fingerprint density at radius 2 is 2.53 bits per heavy atom. The van der Waals surface area contributed by atoms with Crippen molar-refractivity contribution in [2.75, 3.05) is 19.8 Å². The number of nitrogens with zero attached hydrogens (tertiary/aromatic N) is 1. The molecular weight excluding hydrogens is 216 g/mol. The molecule has 2 heterocycles. The van der Waals surface area contributed by atoms with Crippen LogP contribution in [0.25, 0.3) is 0 Å². The second-order valence-corrected chi connectivity index (χ2v) is 4.21. The van der Waals surface area contributed by atoms with E-state index < -0.39 is 0 Å². The number of ether oxygens (including phenoxy) is 2. The van der Waals surface area contributed by atoms with Gasteiger partial charge < -0.3 is 14.8 Å². The molecule has 1 aromatic heterocycles. The smallest absolute Gasteiger partial charge is 0.142 e. The molecule has 4 heteroatoms. The molecule has 0 aliphatic carbocycles. The summed E-state index contributed by atoms with van der Waals surface area (Å²) in [7, 11) is 0. The van der Waals surface area contributed by atoms with E-state index in [0.717, 1.165) is 43.9 Å². The van der Waals surface area contributed by atoms with E-state index in [-0.39, 0.29) is 6.10 Å². The van der Waals surface area contributed by atoms with E-state index in [1.54, 1.807) is 12.4 Å². The Morgan fingerprint density at radius 1 is 1.59 bits per heavy atom. The largest absolute Gasteiger partial charge is 0.489 e. The summed E-state index contributed by atoms with van der Waals surface area (Å²) in [6.07, 6.45) is 6.07. The molecule has 0 bridgehead atoms. The zero-order valence-electron chi connectivity index (χ0n) is 10.3. The molecule has 0 saturated carbocycles. The fourth-order valence-electron chi connectivity index (χ4n) is 1.90. The average molecular weight is 236 g/mol. The molecule has 1 unspecified atom stereocenters. The molecule has 1 aliphatic heterocycles. The first-order valence-corrected chi connectivity index (χ1v) is 6.28. The van der Waals surface area contributed by atoms with Crippen LogP contribution in [0.2, 0.25) is 0 Å². The summed E-state index contributed by atoms with van der Waals surface area (Å²) in [5.41, 5.74) is 1.15. The topological polar surface area (TPSA) is 43.4 Å². The standard InChI is InChI=1S/C13H20N2O2/c1-2-14-8-11-5-6-15-9-13(11)17-10-12-4-3-7-16-12/h5-6,9,12,14H,2-4,7-8,10H2,1H3. The second kappa shape index (κ2) is 6.57. The van der Waals surface area contributed by atoms with Crippen LogP contribution in [-0.2, 0) is 11.3 Å². The van der Waals surface area contributed by atoms with Gasteiger partial charge in [-0.25, -0.2) is 0 Å². The van der Waals surface area contributed by atoms with Gasteiger partial charge in [-0.15, -0.1) is 0 Å². The van der Waals surface area contributed by atoms with Crippen molar-refractivity contribution in [1.82, 2.24) is 10.3 Å². The molecule has 2 rings (SSSR count). The summed E-state index contributed by atoms with van der Waals surface area (Å²) in [4.78, 5) is 4.11. The highest BCUT2D eigenvalue weighted by Gasteiger charge is 2.16. The van der Waals surface area contributed by atoms with Crippen molar-refractivity contribution in [2.24, 2.45) is 0 Å². The van der Waals surface area contributed by atoms with Crippen LogP contribution in [0.4, 0.5) is 0 Å². The van der Waals surface area contributed by atoms with Crippen LogP contribution < -0.4 is 10.1 Å². The van der Waals surface area contributed by atoms with Crippen LogP contribution in [0, 0.1) is 0 Å². The highest BCUT2D eigenvalue weighted by molar-refractivity contribution is 5.29.